The lowest BCUT2D eigenvalue weighted by Crippen LogP contribution is -2.19. The van der Waals surface area contributed by atoms with E-state index in [9.17, 15) is 0 Å². The van der Waals surface area contributed by atoms with Crippen molar-refractivity contribution < 1.29 is 4.98 Å². The summed E-state index contributed by atoms with van der Waals surface area (Å²) < 4.78 is 3.97. The molecule has 9 heavy (non-hydrogen) atoms. The average Bonchev–Trinajstić information content (AvgIpc) is 2.08. The van der Waals surface area contributed by atoms with Gasteiger partial charge >= 0.3 is 0 Å². The molecule has 1 N–H and O–H groups in total. The lowest BCUT2D eigenvalue weighted by molar-refractivity contribution is -0.391. The summed E-state index contributed by atoms with van der Waals surface area (Å²) >= 11 is 1.52. The molecule has 1 heterocycles. The molecule has 0 spiro atoms. The molecule has 0 aliphatic carbocycles. The number of rotatable bonds is 0. The molecule has 1 aromatic rings. The predicted octanol–water partition coefficient (Wildman–Crippen LogP) is 1.25. The van der Waals surface area contributed by atoms with Crippen LogP contribution in [0.15, 0.2) is 6.33 Å². The summed E-state index contributed by atoms with van der Waals surface area (Å²) in [4.78, 5) is 3.08. The molecule has 0 unspecified atom stereocenters. The Morgan fingerprint density at radius 3 is 2.44 bits per heavy atom. The standard InChI is InChI=1S/C6H10N2S/c1-6(2,3)5-7-4-8-9-5/h4H,1-3H3/p+1. The first-order valence-corrected chi connectivity index (χ1v) is 3.71. The third kappa shape index (κ3) is 1.48. The highest BCUT2D eigenvalue weighted by molar-refractivity contribution is 7.05. The molecular weight excluding hydrogens is 132 g/mol. The molecule has 2 nitrogen and oxygen atoms in total. The maximum Gasteiger partial charge on any atom is 0.300 e. The minimum Gasteiger partial charge on any atom is -0.234 e. The fourth-order valence-electron chi connectivity index (χ4n) is 0.544. The van der Waals surface area contributed by atoms with Gasteiger partial charge in [0.15, 0.2) is 0 Å². The topological polar surface area (TPSA) is 27.0 Å². The molecule has 0 saturated carbocycles. The molecular formula is C6H11N2S+. The number of aromatic nitrogens is 2. The maximum absolute atomic E-state index is 3.97. The number of aromatic amines is 1. The smallest absolute Gasteiger partial charge is 0.234 e. The Balaban J connectivity index is 2.90. The molecule has 50 valence electrons. The zero-order valence-corrected chi connectivity index (χ0v) is 6.75. The van der Waals surface area contributed by atoms with Gasteiger partial charge in [-0.3, -0.25) is 0 Å². The summed E-state index contributed by atoms with van der Waals surface area (Å²) in [6, 6.07) is 0. The lowest BCUT2D eigenvalue weighted by atomic mass is 9.98. The highest BCUT2D eigenvalue weighted by Crippen LogP contribution is 2.19. The van der Waals surface area contributed by atoms with Crippen LogP contribution in [-0.4, -0.2) is 4.37 Å². The molecule has 0 aliphatic rings. The second-order valence-corrected chi connectivity index (χ2v) is 3.85. The Hall–Kier alpha value is -0.440. The minimum absolute atomic E-state index is 0.223. The van der Waals surface area contributed by atoms with Crippen LogP contribution in [0.2, 0.25) is 0 Å². The van der Waals surface area contributed by atoms with E-state index in [1.807, 2.05) is 0 Å². The Morgan fingerprint density at radius 1 is 1.56 bits per heavy atom. The second-order valence-electron chi connectivity index (χ2n) is 3.05. The molecule has 1 aromatic heterocycles. The van der Waals surface area contributed by atoms with E-state index in [4.69, 9.17) is 0 Å². The summed E-state index contributed by atoms with van der Waals surface area (Å²) in [7, 11) is 0. The van der Waals surface area contributed by atoms with Crippen molar-refractivity contribution in [2.75, 3.05) is 0 Å². The third-order valence-electron chi connectivity index (χ3n) is 1.07. The van der Waals surface area contributed by atoms with Crippen LogP contribution in [0.5, 0.6) is 0 Å². The predicted molar refractivity (Wildman–Crippen MR) is 37.4 cm³/mol. The molecule has 0 radical (unpaired) electrons. The van der Waals surface area contributed by atoms with E-state index in [0.717, 1.165) is 0 Å². The third-order valence-corrected chi connectivity index (χ3v) is 2.20. The molecule has 1 rings (SSSR count). The van der Waals surface area contributed by atoms with Crippen molar-refractivity contribution >= 4 is 11.5 Å². The van der Waals surface area contributed by atoms with Gasteiger partial charge in [-0.2, -0.15) is 0 Å². The summed E-state index contributed by atoms with van der Waals surface area (Å²) in [5, 5.41) is 1.22. The molecule has 0 atom stereocenters. The van der Waals surface area contributed by atoms with Gasteiger partial charge in [0.2, 0.25) is 5.01 Å². The number of nitrogens with one attached hydrogen (secondary N) is 1. The fraction of sp³-hybridized carbons (Fsp3) is 0.667. The van der Waals surface area contributed by atoms with Crippen molar-refractivity contribution in [3.05, 3.63) is 11.3 Å². The zero-order chi connectivity index (χ0) is 6.91. The molecule has 0 bridgehead atoms. The number of hydrogen-bond acceptors (Lipinski definition) is 2. The van der Waals surface area contributed by atoms with Crippen LogP contribution in [0.3, 0.4) is 0 Å². The highest BCUT2D eigenvalue weighted by Gasteiger charge is 2.20. The Labute approximate surface area is 59.1 Å². The van der Waals surface area contributed by atoms with E-state index < -0.39 is 0 Å². The van der Waals surface area contributed by atoms with Gasteiger partial charge in [0, 0.05) is 9.79 Å². The number of nitrogens with zero attached hydrogens (tertiary/aromatic N) is 1. The first kappa shape index (κ1) is 6.68. The van der Waals surface area contributed by atoms with Gasteiger partial charge in [-0.25, -0.2) is 4.98 Å². The van der Waals surface area contributed by atoms with E-state index in [-0.39, 0.29) is 5.41 Å². The van der Waals surface area contributed by atoms with Crippen LogP contribution in [0, 0.1) is 0 Å². The van der Waals surface area contributed by atoms with Crippen molar-refractivity contribution in [1.82, 2.24) is 4.37 Å². The van der Waals surface area contributed by atoms with Gasteiger partial charge in [0.05, 0.1) is 0 Å². The van der Waals surface area contributed by atoms with Crippen LogP contribution in [0.1, 0.15) is 25.8 Å². The summed E-state index contributed by atoms with van der Waals surface area (Å²) in [6.07, 6.45) is 1.73. The summed E-state index contributed by atoms with van der Waals surface area (Å²) in [6.45, 7) is 6.49. The van der Waals surface area contributed by atoms with Gasteiger partial charge in [-0.1, -0.05) is 20.8 Å². The Bertz CT molecular complexity index is 173. The van der Waals surface area contributed by atoms with E-state index in [1.54, 1.807) is 6.33 Å². The van der Waals surface area contributed by atoms with Gasteiger partial charge < -0.3 is 0 Å². The Kier molecular flexibility index (Phi) is 1.53. The van der Waals surface area contributed by atoms with Gasteiger partial charge in [0.25, 0.3) is 6.33 Å². The van der Waals surface area contributed by atoms with E-state index >= 15 is 0 Å². The maximum atomic E-state index is 3.97. The first-order chi connectivity index (χ1) is 4.11. The number of H-pyrrole nitrogens is 1. The average molecular weight is 143 g/mol. The van der Waals surface area contributed by atoms with Crippen LogP contribution < -0.4 is 4.98 Å². The normalized spacial score (nSPS) is 11.9. The van der Waals surface area contributed by atoms with E-state index in [1.165, 1.54) is 16.5 Å². The first-order valence-electron chi connectivity index (χ1n) is 2.93. The monoisotopic (exact) mass is 143 g/mol. The van der Waals surface area contributed by atoms with E-state index in [0.29, 0.717) is 0 Å². The summed E-state index contributed by atoms with van der Waals surface area (Å²) in [5.41, 5.74) is 0.223. The van der Waals surface area contributed by atoms with Crippen LogP contribution in [0.25, 0.3) is 0 Å². The van der Waals surface area contributed by atoms with Crippen molar-refractivity contribution in [1.29, 1.82) is 0 Å². The fourth-order valence-corrected chi connectivity index (χ4v) is 1.13. The second kappa shape index (κ2) is 2.06. The van der Waals surface area contributed by atoms with Crippen LogP contribution in [-0.2, 0) is 5.41 Å². The Morgan fingerprint density at radius 2 is 2.22 bits per heavy atom. The van der Waals surface area contributed by atoms with E-state index in [2.05, 4.69) is 30.1 Å². The van der Waals surface area contributed by atoms with Crippen molar-refractivity contribution in [2.24, 2.45) is 0 Å². The molecule has 0 amide bonds. The largest absolute Gasteiger partial charge is 0.300 e. The van der Waals surface area contributed by atoms with Crippen molar-refractivity contribution in [3.63, 3.8) is 0 Å². The van der Waals surface area contributed by atoms with Crippen molar-refractivity contribution in [3.8, 4) is 0 Å². The molecule has 0 aliphatic heterocycles. The number of hydrogen-bond donors (Lipinski definition) is 0. The zero-order valence-electron chi connectivity index (χ0n) is 5.93. The van der Waals surface area contributed by atoms with Gasteiger partial charge in [0.1, 0.15) is 11.5 Å². The molecule has 0 aromatic carbocycles. The van der Waals surface area contributed by atoms with Crippen molar-refractivity contribution in [2.45, 2.75) is 26.2 Å². The van der Waals surface area contributed by atoms with Gasteiger partial charge in [-0.05, 0) is 0 Å². The van der Waals surface area contributed by atoms with Crippen LogP contribution >= 0.6 is 11.5 Å². The quantitative estimate of drug-likeness (QED) is 0.537. The molecule has 3 heteroatoms. The lowest BCUT2D eigenvalue weighted by Gasteiger charge is -2.08. The van der Waals surface area contributed by atoms with Gasteiger partial charge in [-0.15, -0.1) is 0 Å². The summed E-state index contributed by atoms with van der Waals surface area (Å²) in [5.74, 6) is 0. The SMILES string of the molecule is CC(C)(C)c1[nH+]cns1. The minimum atomic E-state index is 0.223. The molecule has 0 fully saturated rings. The molecule has 0 saturated heterocycles. The highest BCUT2D eigenvalue weighted by atomic mass is 32.1. The van der Waals surface area contributed by atoms with Crippen LogP contribution in [0.4, 0.5) is 0 Å².